The minimum atomic E-state index is 0. The number of hydrogen-bond donors (Lipinski definition) is 1. The molecule has 21 heavy (non-hydrogen) atoms. The van der Waals surface area contributed by atoms with E-state index >= 15 is 0 Å². The lowest BCUT2D eigenvalue weighted by Crippen LogP contribution is -2.50. The van der Waals surface area contributed by atoms with Crippen LogP contribution in [0.15, 0.2) is 16.6 Å². The van der Waals surface area contributed by atoms with Crippen LogP contribution in [0.5, 0.6) is 5.75 Å². The second kappa shape index (κ2) is 9.90. The van der Waals surface area contributed by atoms with E-state index in [4.69, 9.17) is 4.74 Å². The third kappa shape index (κ3) is 5.95. The van der Waals surface area contributed by atoms with Gasteiger partial charge in [0, 0.05) is 36.7 Å². The first-order valence-corrected chi connectivity index (χ1v) is 7.71. The molecule has 0 aliphatic carbocycles. The molecule has 0 bridgehead atoms. The Bertz CT molecular complexity index is 423. The molecule has 1 saturated heterocycles. The van der Waals surface area contributed by atoms with Gasteiger partial charge < -0.3 is 10.1 Å². The van der Waals surface area contributed by atoms with Crippen LogP contribution in [0, 0.1) is 13.8 Å². The molecule has 1 fully saturated rings. The molecule has 1 atom stereocenters. The van der Waals surface area contributed by atoms with Crippen LogP contribution in [0.3, 0.4) is 0 Å². The number of ether oxygens (including phenoxy) is 1. The van der Waals surface area contributed by atoms with Crippen LogP contribution in [0.4, 0.5) is 0 Å². The standard InChI is InChI=1S/C15H23BrN2O.2ClH/c1-11-8-14(9-12(2)15(11)16)19-7-6-18-5-4-17-10-13(18)3;;/h8-9,13,17H,4-7,10H2,1-3H3;2*1H. The molecule has 1 aromatic rings. The second-order valence-corrected chi connectivity index (χ2v) is 6.10. The van der Waals surface area contributed by atoms with E-state index < -0.39 is 0 Å². The molecule has 0 saturated carbocycles. The number of nitrogens with one attached hydrogen (secondary N) is 1. The summed E-state index contributed by atoms with van der Waals surface area (Å²) in [6, 6.07) is 4.79. The SMILES string of the molecule is Cc1cc(OCCN2CCNCC2C)cc(C)c1Br.Cl.Cl. The molecule has 0 aromatic heterocycles. The Morgan fingerprint density at radius 2 is 1.90 bits per heavy atom. The lowest BCUT2D eigenvalue weighted by molar-refractivity contribution is 0.143. The molecule has 0 amide bonds. The zero-order valence-corrected chi connectivity index (χ0v) is 16.0. The molecular weight excluding hydrogens is 375 g/mol. The number of rotatable bonds is 4. The maximum atomic E-state index is 5.89. The number of halogens is 3. The van der Waals surface area contributed by atoms with Crippen LogP contribution in [0.25, 0.3) is 0 Å². The highest BCUT2D eigenvalue weighted by Crippen LogP contribution is 2.26. The molecule has 1 aromatic carbocycles. The average molecular weight is 400 g/mol. The second-order valence-electron chi connectivity index (χ2n) is 5.31. The van der Waals surface area contributed by atoms with Crippen molar-refractivity contribution in [1.29, 1.82) is 0 Å². The van der Waals surface area contributed by atoms with E-state index in [0.29, 0.717) is 6.04 Å². The molecule has 1 heterocycles. The number of nitrogens with zero attached hydrogens (tertiary/aromatic N) is 1. The van der Waals surface area contributed by atoms with E-state index in [1.807, 2.05) is 0 Å². The fourth-order valence-corrected chi connectivity index (χ4v) is 2.71. The van der Waals surface area contributed by atoms with Crippen molar-refractivity contribution in [3.8, 4) is 5.75 Å². The Morgan fingerprint density at radius 1 is 1.29 bits per heavy atom. The van der Waals surface area contributed by atoms with Crippen molar-refractivity contribution in [1.82, 2.24) is 10.2 Å². The zero-order chi connectivity index (χ0) is 13.8. The van der Waals surface area contributed by atoms with Crippen LogP contribution < -0.4 is 10.1 Å². The number of aryl methyl sites for hydroxylation is 2. The molecule has 1 aliphatic heterocycles. The molecule has 2 rings (SSSR count). The van der Waals surface area contributed by atoms with Crippen LogP contribution >= 0.6 is 40.7 Å². The van der Waals surface area contributed by atoms with E-state index in [2.05, 4.69) is 59.1 Å². The first-order valence-electron chi connectivity index (χ1n) is 6.92. The summed E-state index contributed by atoms with van der Waals surface area (Å²) in [7, 11) is 0. The molecule has 0 spiro atoms. The summed E-state index contributed by atoms with van der Waals surface area (Å²) in [6.45, 7) is 11.5. The van der Waals surface area contributed by atoms with Crippen molar-refractivity contribution in [2.24, 2.45) is 0 Å². The topological polar surface area (TPSA) is 24.5 Å². The molecule has 0 radical (unpaired) electrons. The molecule has 6 heteroatoms. The summed E-state index contributed by atoms with van der Waals surface area (Å²) in [5, 5.41) is 3.41. The average Bonchev–Trinajstić information content (AvgIpc) is 2.38. The fourth-order valence-electron chi connectivity index (χ4n) is 2.49. The van der Waals surface area contributed by atoms with Gasteiger partial charge in [0.15, 0.2) is 0 Å². The monoisotopic (exact) mass is 398 g/mol. The Hall–Kier alpha value is -0.000000000000000111. The first-order chi connectivity index (χ1) is 9.08. The largest absolute Gasteiger partial charge is 0.492 e. The summed E-state index contributed by atoms with van der Waals surface area (Å²) < 4.78 is 7.07. The normalized spacial score (nSPS) is 18.6. The number of hydrogen-bond acceptors (Lipinski definition) is 3. The van der Waals surface area contributed by atoms with Crippen molar-refractivity contribution < 1.29 is 4.74 Å². The van der Waals surface area contributed by atoms with Crippen LogP contribution in [-0.4, -0.2) is 43.7 Å². The van der Waals surface area contributed by atoms with Crippen molar-refractivity contribution in [2.45, 2.75) is 26.8 Å². The zero-order valence-electron chi connectivity index (χ0n) is 12.8. The van der Waals surface area contributed by atoms with Crippen molar-refractivity contribution in [2.75, 3.05) is 32.8 Å². The minimum Gasteiger partial charge on any atom is -0.492 e. The third-order valence-corrected chi connectivity index (χ3v) is 4.95. The van der Waals surface area contributed by atoms with Gasteiger partial charge in [-0.3, -0.25) is 4.90 Å². The first kappa shape index (κ1) is 21.0. The molecule has 1 aliphatic rings. The van der Waals surface area contributed by atoms with Gasteiger partial charge in [0.05, 0.1) is 0 Å². The van der Waals surface area contributed by atoms with Gasteiger partial charge >= 0.3 is 0 Å². The summed E-state index contributed by atoms with van der Waals surface area (Å²) in [6.07, 6.45) is 0. The van der Waals surface area contributed by atoms with Crippen LogP contribution in [0.2, 0.25) is 0 Å². The summed E-state index contributed by atoms with van der Waals surface area (Å²) >= 11 is 3.58. The minimum absolute atomic E-state index is 0. The van der Waals surface area contributed by atoms with Crippen LogP contribution in [0.1, 0.15) is 18.1 Å². The van der Waals surface area contributed by atoms with Crippen molar-refractivity contribution in [3.05, 3.63) is 27.7 Å². The molecule has 3 nitrogen and oxygen atoms in total. The predicted molar refractivity (Wildman–Crippen MR) is 97.5 cm³/mol. The Kier molecular flexibility index (Phi) is 9.90. The lowest BCUT2D eigenvalue weighted by atomic mass is 10.1. The number of piperazine rings is 1. The Balaban J connectivity index is 0.00000200. The van der Waals surface area contributed by atoms with Crippen LogP contribution in [-0.2, 0) is 0 Å². The van der Waals surface area contributed by atoms with E-state index in [-0.39, 0.29) is 24.8 Å². The van der Waals surface area contributed by atoms with Gasteiger partial charge in [-0.25, -0.2) is 0 Å². The van der Waals surface area contributed by atoms with Crippen molar-refractivity contribution >= 4 is 40.7 Å². The van der Waals surface area contributed by atoms with E-state index in [0.717, 1.165) is 38.5 Å². The highest BCUT2D eigenvalue weighted by atomic mass is 79.9. The summed E-state index contributed by atoms with van der Waals surface area (Å²) in [5.41, 5.74) is 2.45. The predicted octanol–water partition coefficient (Wildman–Crippen LogP) is 3.58. The highest BCUT2D eigenvalue weighted by Gasteiger charge is 2.17. The smallest absolute Gasteiger partial charge is 0.119 e. The maximum Gasteiger partial charge on any atom is 0.119 e. The van der Waals surface area contributed by atoms with Gasteiger partial charge in [-0.2, -0.15) is 0 Å². The van der Waals surface area contributed by atoms with Gasteiger partial charge in [0.1, 0.15) is 12.4 Å². The van der Waals surface area contributed by atoms with E-state index in [1.165, 1.54) is 15.6 Å². The summed E-state index contributed by atoms with van der Waals surface area (Å²) in [4.78, 5) is 2.48. The van der Waals surface area contributed by atoms with E-state index in [9.17, 15) is 0 Å². The maximum absolute atomic E-state index is 5.89. The molecule has 1 N–H and O–H groups in total. The van der Waals surface area contributed by atoms with Gasteiger partial charge in [-0.15, -0.1) is 24.8 Å². The van der Waals surface area contributed by atoms with Gasteiger partial charge in [0.25, 0.3) is 0 Å². The number of benzene rings is 1. The lowest BCUT2D eigenvalue weighted by Gasteiger charge is -2.33. The molecular formula is C15H25BrCl2N2O. The van der Waals surface area contributed by atoms with Gasteiger partial charge in [-0.1, -0.05) is 15.9 Å². The molecule has 1 unspecified atom stereocenters. The summed E-state index contributed by atoms with van der Waals surface area (Å²) in [5.74, 6) is 0.973. The van der Waals surface area contributed by atoms with E-state index in [1.54, 1.807) is 0 Å². The quantitative estimate of drug-likeness (QED) is 0.837. The third-order valence-electron chi connectivity index (χ3n) is 3.70. The van der Waals surface area contributed by atoms with Gasteiger partial charge in [-0.05, 0) is 44.0 Å². The molecule has 122 valence electrons. The van der Waals surface area contributed by atoms with Gasteiger partial charge in [0.2, 0.25) is 0 Å². The van der Waals surface area contributed by atoms with Crippen molar-refractivity contribution in [3.63, 3.8) is 0 Å². The Labute approximate surface area is 148 Å². The Morgan fingerprint density at radius 3 is 2.48 bits per heavy atom. The fraction of sp³-hybridized carbons (Fsp3) is 0.600. The highest BCUT2D eigenvalue weighted by molar-refractivity contribution is 9.10.